The van der Waals surface area contributed by atoms with Crippen molar-refractivity contribution in [3.8, 4) is 0 Å². The summed E-state index contributed by atoms with van der Waals surface area (Å²) < 4.78 is 6.54. The van der Waals surface area contributed by atoms with Crippen molar-refractivity contribution in [1.82, 2.24) is 0 Å². The highest BCUT2D eigenvalue weighted by molar-refractivity contribution is 6.69. The van der Waals surface area contributed by atoms with Gasteiger partial charge in [0.25, 0.3) is 0 Å². The largest absolute Gasteiger partial charge is 0.411 e. The zero-order chi connectivity index (χ0) is 12.5. The van der Waals surface area contributed by atoms with E-state index in [9.17, 15) is 4.79 Å². The van der Waals surface area contributed by atoms with Gasteiger partial charge in [-0.2, -0.15) is 0 Å². The van der Waals surface area contributed by atoms with Crippen molar-refractivity contribution < 1.29 is 9.22 Å². The van der Waals surface area contributed by atoms with Gasteiger partial charge in [0.1, 0.15) is 5.78 Å². The Kier molecular flexibility index (Phi) is 3.79. The summed E-state index contributed by atoms with van der Waals surface area (Å²) in [6, 6.07) is 0. The van der Waals surface area contributed by atoms with Crippen LogP contribution in [-0.2, 0) is 9.22 Å². The molecule has 17 heavy (non-hydrogen) atoms. The maximum atomic E-state index is 12.3. The summed E-state index contributed by atoms with van der Waals surface area (Å²) in [6.45, 7) is 6.76. The number of hydrogen-bond acceptors (Lipinski definition) is 2. The molecule has 0 bridgehead atoms. The van der Waals surface area contributed by atoms with Gasteiger partial charge in [0, 0.05) is 12.3 Å². The molecule has 3 heteroatoms. The Morgan fingerprint density at radius 3 is 2.41 bits per heavy atom. The van der Waals surface area contributed by atoms with E-state index in [4.69, 9.17) is 4.43 Å². The molecule has 2 nitrogen and oxygen atoms in total. The van der Waals surface area contributed by atoms with Crippen LogP contribution in [0.15, 0.2) is 0 Å². The normalized spacial score (nSPS) is 35.2. The second-order valence-electron chi connectivity index (χ2n) is 6.75. The fraction of sp³-hybridized carbons (Fsp3) is 0.929. The zero-order valence-corrected chi connectivity index (χ0v) is 12.6. The number of fused-ring (bicyclic) bond motifs is 1. The fourth-order valence-corrected chi connectivity index (χ4v) is 5.21. The first kappa shape index (κ1) is 13.3. The van der Waals surface area contributed by atoms with Crippen molar-refractivity contribution in [2.45, 2.75) is 76.6 Å². The highest BCUT2D eigenvalue weighted by Gasteiger charge is 2.47. The summed E-state index contributed by atoms with van der Waals surface area (Å²) in [5.41, 5.74) is -0.0731. The van der Waals surface area contributed by atoms with Crippen LogP contribution in [0.3, 0.4) is 0 Å². The van der Waals surface area contributed by atoms with Crippen molar-refractivity contribution in [3.05, 3.63) is 0 Å². The van der Waals surface area contributed by atoms with Crippen LogP contribution in [0.25, 0.3) is 0 Å². The Hall–Kier alpha value is -0.153. The molecule has 2 fully saturated rings. The van der Waals surface area contributed by atoms with Crippen LogP contribution in [0.5, 0.6) is 0 Å². The Morgan fingerprint density at radius 1 is 1.12 bits per heavy atom. The highest BCUT2D eigenvalue weighted by atomic mass is 28.4. The van der Waals surface area contributed by atoms with E-state index in [1.54, 1.807) is 0 Å². The molecule has 0 aromatic heterocycles. The minimum Gasteiger partial charge on any atom is -0.411 e. The molecule has 0 heterocycles. The third-order valence-corrected chi connectivity index (χ3v) is 5.17. The summed E-state index contributed by atoms with van der Waals surface area (Å²) in [5.74, 6) is 0.700. The van der Waals surface area contributed by atoms with Gasteiger partial charge in [0.05, 0.1) is 5.60 Å². The van der Waals surface area contributed by atoms with E-state index in [1.807, 2.05) is 0 Å². The summed E-state index contributed by atoms with van der Waals surface area (Å²) in [7, 11) is -1.57. The maximum Gasteiger partial charge on any atom is 0.184 e. The second-order valence-corrected chi connectivity index (χ2v) is 11.2. The van der Waals surface area contributed by atoms with E-state index in [0.717, 1.165) is 32.1 Å². The summed E-state index contributed by atoms with van der Waals surface area (Å²) in [5, 5.41) is 0. The lowest BCUT2D eigenvalue weighted by molar-refractivity contribution is -0.133. The molecule has 0 N–H and O–H groups in total. The molecule has 0 saturated heterocycles. The average molecular weight is 254 g/mol. The topological polar surface area (TPSA) is 26.3 Å². The molecule has 0 radical (unpaired) electrons. The van der Waals surface area contributed by atoms with Crippen LogP contribution in [0, 0.1) is 5.92 Å². The summed E-state index contributed by atoms with van der Waals surface area (Å²) >= 11 is 0. The molecule has 0 spiro atoms. The fourth-order valence-electron chi connectivity index (χ4n) is 3.64. The SMILES string of the molecule is C[Si](C)(C)O[C@@]12CCCCC(=O)C1CCCC2. The van der Waals surface area contributed by atoms with Gasteiger partial charge in [-0.05, 0) is 45.3 Å². The Labute approximate surface area is 106 Å². The molecule has 2 saturated carbocycles. The Balaban J connectivity index is 2.25. The number of Topliss-reactive ketones (excluding diaryl/α,β-unsaturated/α-hetero) is 1. The molecule has 0 aromatic rings. The predicted molar refractivity (Wildman–Crippen MR) is 72.6 cm³/mol. The van der Waals surface area contributed by atoms with Gasteiger partial charge >= 0.3 is 0 Å². The van der Waals surface area contributed by atoms with Gasteiger partial charge in [-0.15, -0.1) is 0 Å². The van der Waals surface area contributed by atoms with Gasteiger partial charge in [0.15, 0.2) is 8.32 Å². The lowest BCUT2D eigenvalue weighted by Gasteiger charge is -2.46. The quantitative estimate of drug-likeness (QED) is 0.698. The zero-order valence-electron chi connectivity index (χ0n) is 11.6. The van der Waals surface area contributed by atoms with Gasteiger partial charge < -0.3 is 4.43 Å². The lowest BCUT2D eigenvalue weighted by atomic mass is 9.72. The molecule has 2 atom stereocenters. The molecule has 2 rings (SSSR count). The van der Waals surface area contributed by atoms with Crippen molar-refractivity contribution in [1.29, 1.82) is 0 Å². The number of carbonyl (C=O) groups excluding carboxylic acids is 1. The Bertz CT molecular complexity index is 295. The molecule has 2 aliphatic carbocycles. The molecule has 2 aliphatic rings. The number of ketones is 1. The van der Waals surface area contributed by atoms with E-state index in [2.05, 4.69) is 19.6 Å². The average Bonchev–Trinajstić information content (AvgIpc) is 2.36. The van der Waals surface area contributed by atoms with E-state index in [1.165, 1.54) is 19.3 Å². The standard InChI is InChI=1S/C14H26O2Si/c1-17(2,3)16-14-10-6-4-8-12(14)13(15)9-5-7-11-14/h12H,4-11H2,1-3H3/t12?,14-/m0/s1. The van der Waals surface area contributed by atoms with Gasteiger partial charge in [0.2, 0.25) is 0 Å². The van der Waals surface area contributed by atoms with E-state index >= 15 is 0 Å². The van der Waals surface area contributed by atoms with E-state index in [0.29, 0.717) is 5.78 Å². The van der Waals surface area contributed by atoms with Gasteiger partial charge in [-0.3, -0.25) is 4.79 Å². The third-order valence-electron chi connectivity index (χ3n) is 4.15. The third kappa shape index (κ3) is 3.00. The van der Waals surface area contributed by atoms with Crippen LogP contribution >= 0.6 is 0 Å². The minimum atomic E-state index is -1.57. The first-order valence-corrected chi connectivity index (χ1v) is 10.6. The minimum absolute atomic E-state index is 0.0731. The lowest BCUT2D eigenvalue weighted by Crippen LogP contribution is -2.51. The second kappa shape index (κ2) is 4.85. The Morgan fingerprint density at radius 2 is 1.76 bits per heavy atom. The number of hydrogen-bond donors (Lipinski definition) is 0. The van der Waals surface area contributed by atoms with Crippen molar-refractivity contribution in [2.24, 2.45) is 5.92 Å². The smallest absolute Gasteiger partial charge is 0.184 e. The molecule has 0 amide bonds. The number of rotatable bonds is 2. The first-order chi connectivity index (χ1) is 7.93. The van der Waals surface area contributed by atoms with Crippen LogP contribution < -0.4 is 0 Å². The van der Waals surface area contributed by atoms with Crippen LogP contribution in [0.2, 0.25) is 19.6 Å². The highest BCUT2D eigenvalue weighted by Crippen LogP contribution is 2.45. The predicted octanol–water partition coefficient (Wildman–Crippen LogP) is 3.91. The van der Waals surface area contributed by atoms with Crippen molar-refractivity contribution in [2.75, 3.05) is 0 Å². The number of carbonyl (C=O) groups is 1. The molecular formula is C14H26O2Si. The van der Waals surface area contributed by atoms with Crippen molar-refractivity contribution >= 4 is 14.1 Å². The first-order valence-electron chi connectivity index (χ1n) is 7.16. The molecule has 1 unspecified atom stereocenters. The van der Waals surface area contributed by atoms with Crippen LogP contribution in [0.4, 0.5) is 0 Å². The molecule has 98 valence electrons. The van der Waals surface area contributed by atoms with Crippen molar-refractivity contribution in [3.63, 3.8) is 0 Å². The van der Waals surface area contributed by atoms with Gasteiger partial charge in [-0.25, -0.2) is 0 Å². The molecular weight excluding hydrogens is 228 g/mol. The van der Waals surface area contributed by atoms with Crippen LogP contribution in [-0.4, -0.2) is 19.7 Å². The van der Waals surface area contributed by atoms with E-state index in [-0.39, 0.29) is 11.5 Å². The van der Waals surface area contributed by atoms with E-state index < -0.39 is 8.32 Å². The van der Waals surface area contributed by atoms with Gasteiger partial charge in [-0.1, -0.05) is 19.3 Å². The summed E-state index contributed by atoms with van der Waals surface area (Å²) in [6.07, 6.45) is 8.81. The summed E-state index contributed by atoms with van der Waals surface area (Å²) in [4.78, 5) is 12.3. The molecule has 0 aliphatic heterocycles. The van der Waals surface area contributed by atoms with Crippen LogP contribution in [0.1, 0.15) is 51.4 Å². The molecule has 0 aromatic carbocycles. The maximum absolute atomic E-state index is 12.3. The monoisotopic (exact) mass is 254 g/mol.